The minimum absolute atomic E-state index is 0.357. The molecule has 0 N–H and O–H groups in total. The van der Waals surface area contributed by atoms with Crippen LogP contribution in [0.4, 0.5) is 0 Å². The highest BCUT2D eigenvalue weighted by molar-refractivity contribution is 6.11. The van der Waals surface area contributed by atoms with E-state index in [1.165, 1.54) is 0 Å². The molecule has 5 aromatic rings. The second-order valence-corrected chi connectivity index (χ2v) is 7.62. The van der Waals surface area contributed by atoms with Crippen molar-refractivity contribution >= 4 is 27.5 Å². The van der Waals surface area contributed by atoms with Crippen LogP contribution in [0.25, 0.3) is 32.7 Å². The second kappa shape index (κ2) is 10.7. The van der Waals surface area contributed by atoms with Crippen molar-refractivity contribution in [1.82, 2.24) is 0 Å². The predicted octanol–water partition coefficient (Wildman–Crippen LogP) is 7.92. The van der Waals surface area contributed by atoms with Crippen LogP contribution >= 0.6 is 0 Å². The topological polar surface area (TPSA) is 44.8 Å². The third-order valence-corrected chi connectivity index (χ3v) is 5.74. The minimum atomic E-state index is -0.444. The lowest BCUT2D eigenvalue weighted by molar-refractivity contribution is 0.0730. The number of ether oxygens (including phenoxy) is 3. The summed E-state index contributed by atoms with van der Waals surface area (Å²) in [5, 5.41) is 4.00. The fraction of sp³-hybridized carbons (Fsp3) is 0.129. The van der Waals surface area contributed by atoms with Gasteiger partial charge in [0.1, 0.15) is 5.75 Å². The molecule has 0 radical (unpaired) electrons. The maximum atomic E-state index is 12.9. The Hall–Kier alpha value is -4.31. The molecule has 0 spiro atoms. The van der Waals surface area contributed by atoms with Crippen LogP contribution in [0.15, 0.2) is 97.1 Å². The standard InChI is InChI=1S/C29H22O4.C2H6/c1-31-24-17-16-19-10-6-8-14-22(19)26(24)27-23-15-9-7-13-21(23)18-25(28(27)32-2)33-29(30)20-11-4-3-5-12-20;1-2/h3-18H,1-2H3;1-2H3. The molecule has 4 heteroatoms. The molecule has 0 unspecified atom stereocenters. The molecular weight excluding hydrogens is 436 g/mol. The zero-order valence-corrected chi connectivity index (χ0v) is 20.4. The van der Waals surface area contributed by atoms with Crippen LogP contribution in [0.5, 0.6) is 17.2 Å². The van der Waals surface area contributed by atoms with Crippen molar-refractivity contribution in [3.05, 3.63) is 103 Å². The summed E-state index contributed by atoms with van der Waals surface area (Å²) in [7, 11) is 3.24. The maximum absolute atomic E-state index is 12.9. The fourth-order valence-electron chi connectivity index (χ4n) is 4.24. The summed E-state index contributed by atoms with van der Waals surface area (Å²) in [6.45, 7) is 4.00. The monoisotopic (exact) mass is 464 g/mol. The molecule has 0 aromatic heterocycles. The fourth-order valence-corrected chi connectivity index (χ4v) is 4.24. The molecule has 5 aromatic carbocycles. The Kier molecular flexibility index (Phi) is 7.32. The molecule has 0 amide bonds. The zero-order valence-electron chi connectivity index (χ0n) is 20.4. The van der Waals surface area contributed by atoms with E-state index in [0.717, 1.165) is 32.7 Å². The Morgan fingerprint density at radius 2 is 1.20 bits per heavy atom. The summed E-state index contributed by atoms with van der Waals surface area (Å²) in [4.78, 5) is 12.9. The van der Waals surface area contributed by atoms with E-state index in [2.05, 4.69) is 12.1 Å². The lowest BCUT2D eigenvalue weighted by Crippen LogP contribution is -2.09. The number of carbonyl (C=O) groups is 1. The summed E-state index contributed by atoms with van der Waals surface area (Å²) >= 11 is 0. The maximum Gasteiger partial charge on any atom is 0.343 e. The van der Waals surface area contributed by atoms with Gasteiger partial charge in [0.05, 0.1) is 19.8 Å². The Morgan fingerprint density at radius 3 is 1.86 bits per heavy atom. The van der Waals surface area contributed by atoms with Gasteiger partial charge in [0.15, 0.2) is 11.5 Å². The number of hydrogen-bond donors (Lipinski definition) is 0. The van der Waals surface area contributed by atoms with E-state index in [9.17, 15) is 4.79 Å². The molecule has 0 aliphatic heterocycles. The van der Waals surface area contributed by atoms with E-state index < -0.39 is 5.97 Å². The summed E-state index contributed by atoms with van der Waals surface area (Å²) < 4.78 is 17.5. The van der Waals surface area contributed by atoms with Crippen molar-refractivity contribution in [3.63, 3.8) is 0 Å². The van der Waals surface area contributed by atoms with Crippen LogP contribution in [0, 0.1) is 0 Å². The van der Waals surface area contributed by atoms with Gasteiger partial charge >= 0.3 is 5.97 Å². The molecule has 4 nitrogen and oxygen atoms in total. The first kappa shape index (κ1) is 23.8. The van der Waals surface area contributed by atoms with E-state index in [-0.39, 0.29) is 0 Å². The van der Waals surface area contributed by atoms with Gasteiger partial charge in [-0.05, 0) is 45.8 Å². The van der Waals surface area contributed by atoms with Crippen molar-refractivity contribution < 1.29 is 19.0 Å². The number of fused-ring (bicyclic) bond motifs is 2. The number of carbonyl (C=O) groups excluding carboxylic acids is 1. The number of rotatable bonds is 5. The highest BCUT2D eigenvalue weighted by Crippen LogP contribution is 2.49. The van der Waals surface area contributed by atoms with Crippen LogP contribution in [-0.2, 0) is 0 Å². The van der Waals surface area contributed by atoms with Crippen LogP contribution < -0.4 is 14.2 Å². The first-order valence-electron chi connectivity index (χ1n) is 11.6. The number of benzene rings is 5. The largest absolute Gasteiger partial charge is 0.496 e. The van der Waals surface area contributed by atoms with Crippen LogP contribution in [-0.4, -0.2) is 20.2 Å². The zero-order chi connectivity index (χ0) is 24.8. The van der Waals surface area contributed by atoms with Crippen molar-refractivity contribution in [3.8, 4) is 28.4 Å². The van der Waals surface area contributed by atoms with Crippen molar-refractivity contribution in [2.45, 2.75) is 13.8 Å². The van der Waals surface area contributed by atoms with Gasteiger partial charge in [0.25, 0.3) is 0 Å². The molecule has 5 rings (SSSR count). The molecule has 0 saturated carbocycles. The Labute approximate surface area is 205 Å². The van der Waals surface area contributed by atoms with Crippen molar-refractivity contribution in [2.75, 3.05) is 14.2 Å². The summed E-state index contributed by atoms with van der Waals surface area (Å²) in [6, 6.07) is 30.9. The van der Waals surface area contributed by atoms with Crippen LogP contribution in [0.2, 0.25) is 0 Å². The number of methoxy groups -OCH3 is 2. The lowest BCUT2D eigenvalue weighted by atomic mass is 9.92. The highest BCUT2D eigenvalue weighted by Gasteiger charge is 2.23. The first-order chi connectivity index (χ1) is 17.2. The van der Waals surface area contributed by atoms with Crippen molar-refractivity contribution in [1.29, 1.82) is 0 Å². The van der Waals surface area contributed by atoms with Gasteiger partial charge in [-0.15, -0.1) is 0 Å². The van der Waals surface area contributed by atoms with Crippen LogP contribution in [0.1, 0.15) is 24.2 Å². The SMILES string of the molecule is CC.COc1ccc2ccccc2c1-c1c(OC)c(OC(=O)c2ccccc2)cc2ccccc12. The Morgan fingerprint density at radius 1 is 0.600 bits per heavy atom. The van der Waals surface area contributed by atoms with Crippen molar-refractivity contribution in [2.24, 2.45) is 0 Å². The highest BCUT2D eigenvalue weighted by atomic mass is 16.6. The molecule has 0 bridgehead atoms. The smallest absolute Gasteiger partial charge is 0.343 e. The quantitative estimate of drug-likeness (QED) is 0.196. The van der Waals surface area contributed by atoms with Gasteiger partial charge < -0.3 is 14.2 Å². The Bertz CT molecular complexity index is 1470. The molecule has 0 aliphatic rings. The minimum Gasteiger partial charge on any atom is -0.496 e. The first-order valence-corrected chi connectivity index (χ1v) is 11.6. The Balaban J connectivity index is 0.00000141. The van der Waals surface area contributed by atoms with Gasteiger partial charge in [-0.3, -0.25) is 0 Å². The molecule has 0 saturated heterocycles. The summed E-state index contributed by atoms with van der Waals surface area (Å²) in [5.41, 5.74) is 2.18. The van der Waals surface area contributed by atoms with E-state index in [0.29, 0.717) is 22.8 Å². The van der Waals surface area contributed by atoms with E-state index in [4.69, 9.17) is 14.2 Å². The predicted molar refractivity (Wildman–Crippen MR) is 143 cm³/mol. The van der Waals surface area contributed by atoms with Gasteiger partial charge in [0.2, 0.25) is 0 Å². The molecule has 35 heavy (non-hydrogen) atoms. The average Bonchev–Trinajstić information content (AvgIpc) is 2.93. The molecular formula is C31H28O4. The average molecular weight is 465 g/mol. The molecule has 176 valence electrons. The summed E-state index contributed by atoms with van der Waals surface area (Å²) in [6.07, 6.45) is 0. The second-order valence-electron chi connectivity index (χ2n) is 7.62. The normalized spacial score (nSPS) is 10.4. The van der Waals surface area contributed by atoms with E-state index >= 15 is 0 Å². The third kappa shape index (κ3) is 4.56. The molecule has 0 heterocycles. The van der Waals surface area contributed by atoms with E-state index in [1.807, 2.05) is 74.5 Å². The molecule has 0 fully saturated rings. The van der Waals surface area contributed by atoms with E-state index in [1.54, 1.807) is 38.5 Å². The van der Waals surface area contributed by atoms with Gasteiger partial charge in [-0.2, -0.15) is 0 Å². The summed E-state index contributed by atoms with van der Waals surface area (Å²) in [5.74, 6) is 1.10. The van der Waals surface area contributed by atoms with Gasteiger partial charge in [-0.1, -0.05) is 86.6 Å². The van der Waals surface area contributed by atoms with Gasteiger partial charge in [-0.25, -0.2) is 4.79 Å². The number of hydrogen-bond acceptors (Lipinski definition) is 4. The molecule has 0 aliphatic carbocycles. The number of esters is 1. The van der Waals surface area contributed by atoms with Crippen LogP contribution in [0.3, 0.4) is 0 Å². The molecule has 0 atom stereocenters. The lowest BCUT2D eigenvalue weighted by Gasteiger charge is -2.20. The third-order valence-electron chi connectivity index (χ3n) is 5.74. The van der Waals surface area contributed by atoms with Gasteiger partial charge in [0, 0.05) is 11.1 Å².